The molecule has 0 saturated heterocycles. The fourth-order valence-corrected chi connectivity index (χ4v) is 1.65. The zero-order valence-electron chi connectivity index (χ0n) is 11.0. The predicted octanol–water partition coefficient (Wildman–Crippen LogP) is -0.424. The second-order valence-corrected chi connectivity index (χ2v) is 4.25. The van der Waals surface area contributed by atoms with E-state index in [0.717, 1.165) is 5.69 Å². The van der Waals surface area contributed by atoms with E-state index in [1.165, 1.54) is 0 Å². The number of rotatable bonds is 6. The van der Waals surface area contributed by atoms with Crippen LogP contribution in [0.1, 0.15) is 12.6 Å². The number of amides is 1. The SMILES string of the molecule is CNC(=O)C(C)CN(C)Cc1cnc(NN)cn1. The van der Waals surface area contributed by atoms with Gasteiger partial charge in [-0.1, -0.05) is 6.92 Å². The molecule has 1 aromatic heterocycles. The Kier molecular flexibility index (Phi) is 5.47. The molecule has 0 saturated carbocycles. The summed E-state index contributed by atoms with van der Waals surface area (Å²) in [6.07, 6.45) is 3.24. The van der Waals surface area contributed by atoms with E-state index in [0.29, 0.717) is 18.9 Å². The van der Waals surface area contributed by atoms with Crippen LogP contribution >= 0.6 is 0 Å². The van der Waals surface area contributed by atoms with Gasteiger partial charge in [-0.05, 0) is 7.05 Å². The normalized spacial score (nSPS) is 12.3. The lowest BCUT2D eigenvalue weighted by Crippen LogP contribution is -2.34. The van der Waals surface area contributed by atoms with Crippen molar-refractivity contribution >= 4 is 11.7 Å². The highest BCUT2D eigenvalue weighted by Crippen LogP contribution is 2.04. The van der Waals surface area contributed by atoms with Gasteiger partial charge in [0, 0.05) is 26.1 Å². The molecule has 1 unspecified atom stereocenters. The van der Waals surface area contributed by atoms with Gasteiger partial charge in [-0.3, -0.25) is 14.7 Å². The van der Waals surface area contributed by atoms with Crippen LogP contribution in [0.25, 0.3) is 0 Å². The summed E-state index contributed by atoms with van der Waals surface area (Å²) in [7, 11) is 3.58. The van der Waals surface area contributed by atoms with Crippen molar-refractivity contribution in [3.05, 3.63) is 18.1 Å². The molecular weight excluding hydrogens is 232 g/mol. The van der Waals surface area contributed by atoms with Crippen molar-refractivity contribution in [1.82, 2.24) is 20.2 Å². The molecule has 0 aliphatic rings. The maximum Gasteiger partial charge on any atom is 0.223 e. The predicted molar refractivity (Wildman–Crippen MR) is 69.4 cm³/mol. The van der Waals surface area contributed by atoms with Crippen LogP contribution in [0.15, 0.2) is 12.4 Å². The molecule has 1 heterocycles. The van der Waals surface area contributed by atoms with Crippen LogP contribution < -0.4 is 16.6 Å². The summed E-state index contributed by atoms with van der Waals surface area (Å²) in [5, 5.41) is 2.63. The third kappa shape index (κ3) is 4.27. The second-order valence-electron chi connectivity index (χ2n) is 4.25. The van der Waals surface area contributed by atoms with Gasteiger partial charge in [0.25, 0.3) is 0 Å². The number of anilines is 1. The van der Waals surface area contributed by atoms with E-state index in [1.54, 1.807) is 19.4 Å². The van der Waals surface area contributed by atoms with E-state index in [1.807, 2.05) is 18.9 Å². The summed E-state index contributed by atoms with van der Waals surface area (Å²) < 4.78 is 0. The van der Waals surface area contributed by atoms with Gasteiger partial charge >= 0.3 is 0 Å². The molecule has 100 valence electrons. The average molecular weight is 252 g/mol. The molecular formula is C11H20N6O. The minimum Gasteiger partial charge on any atom is -0.359 e. The molecule has 18 heavy (non-hydrogen) atoms. The first-order valence-electron chi connectivity index (χ1n) is 5.74. The van der Waals surface area contributed by atoms with Crippen molar-refractivity contribution < 1.29 is 4.79 Å². The van der Waals surface area contributed by atoms with Crippen LogP contribution in [0.3, 0.4) is 0 Å². The fraction of sp³-hybridized carbons (Fsp3) is 0.545. The van der Waals surface area contributed by atoms with Gasteiger partial charge < -0.3 is 10.7 Å². The first kappa shape index (κ1) is 14.3. The van der Waals surface area contributed by atoms with Gasteiger partial charge in [0.15, 0.2) is 5.82 Å². The zero-order valence-corrected chi connectivity index (χ0v) is 11.0. The van der Waals surface area contributed by atoms with E-state index in [9.17, 15) is 4.79 Å². The third-order valence-corrected chi connectivity index (χ3v) is 2.56. The molecule has 0 radical (unpaired) electrons. The van der Waals surface area contributed by atoms with Gasteiger partial charge in [-0.15, -0.1) is 0 Å². The van der Waals surface area contributed by atoms with Crippen molar-refractivity contribution in [1.29, 1.82) is 0 Å². The summed E-state index contributed by atoms with van der Waals surface area (Å²) >= 11 is 0. The Balaban J connectivity index is 2.48. The summed E-state index contributed by atoms with van der Waals surface area (Å²) in [5.74, 6) is 5.72. The maximum absolute atomic E-state index is 11.4. The summed E-state index contributed by atoms with van der Waals surface area (Å²) in [4.78, 5) is 21.7. The lowest BCUT2D eigenvalue weighted by molar-refractivity contribution is -0.124. The highest BCUT2D eigenvalue weighted by molar-refractivity contribution is 5.78. The molecule has 0 aliphatic heterocycles. The zero-order chi connectivity index (χ0) is 13.5. The van der Waals surface area contributed by atoms with E-state index in [4.69, 9.17) is 5.84 Å². The van der Waals surface area contributed by atoms with Gasteiger partial charge in [0.1, 0.15) is 0 Å². The first-order chi connectivity index (χ1) is 8.56. The molecule has 0 aromatic carbocycles. The van der Waals surface area contributed by atoms with Crippen LogP contribution in [0.4, 0.5) is 5.82 Å². The van der Waals surface area contributed by atoms with Crippen LogP contribution in [0, 0.1) is 5.92 Å². The van der Waals surface area contributed by atoms with Crippen molar-refractivity contribution in [2.24, 2.45) is 11.8 Å². The first-order valence-corrected chi connectivity index (χ1v) is 5.74. The number of hydrogen-bond acceptors (Lipinski definition) is 6. The third-order valence-electron chi connectivity index (χ3n) is 2.56. The number of carbonyl (C=O) groups excluding carboxylic acids is 1. The van der Waals surface area contributed by atoms with Gasteiger partial charge in [-0.2, -0.15) is 0 Å². The molecule has 0 fully saturated rings. The molecule has 0 aliphatic carbocycles. The highest BCUT2D eigenvalue weighted by Gasteiger charge is 2.13. The van der Waals surface area contributed by atoms with Crippen molar-refractivity contribution in [3.63, 3.8) is 0 Å². The van der Waals surface area contributed by atoms with Crippen molar-refractivity contribution in [2.75, 3.05) is 26.1 Å². The Bertz CT molecular complexity index is 380. The average Bonchev–Trinajstić information content (AvgIpc) is 2.38. The van der Waals surface area contributed by atoms with Crippen LogP contribution in [-0.2, 0) is 11.3 Å². The summed E-state index contributed by atoms with van der Waals surface area (Å²) in [5.41, 5.74) is 3.26. The molecule has 1 aromatic rings. The van der Waals surface area contributed by atoms with Gasteiger partial charge in [0.05, 0.1) is 18.1 Å². The quantitative estimate of drug-likeness (QED) is 0.470. The number of hydrogen-bond donors (Lipinski definition) is 3. The molecule has 1 rings (SSSR count). The molecule has 0 bridgehead atoms. The fourth-order valence-electron chi connectivity index (χ4n) is 1.65. The largest absolute Gasteiger partial charge is 0.359 e. The van der Waals surface area contributed by atoms with Crippen LogP contribution in [0.5, 0.6) is 0 Å². The van der Waals surface area contributed by atoms with Crippen LogP contribution in [-0.4, -0.2) is 41.4 Å². The van der Waals surface area contributed by atoms with E-state index in [2.05, 4.69) is 20.7 Å². The Hall–Kier alpha value is -1.73. The molecule has 1 atom stereocenters. The lowest BCUT2D eigenvalue weighted by Gasteiger charge is -2.19. The number of aromatic nitrogens is 2. The molecule has 7 heteroatoms. The minimum atomic E-state index is -0.0575. The van der Waals surface area contributed by atoms with E-state index in [-0.39, 0.29) is 11.8 Å². The standard InChI is InChI=1S/C11H20N6O/c1-8(11(18)13-2)6-17(3)7-9-4-15-10(16-12)5-14-9/h4-5,8H,6-7,12H2,1-3H3,(H,13,18)(H,15,16). The van der Waals surface area contributed by atoms with E-state index < -0.39 is 0 Å². The van der Waals surface area contributed by atoms with E-state index >= 15 is 0 Å². The number of nitrogens with zero attached hydrogens (tertiary/aromatic N) is 3. The summed E-state index contributed by atoms with van der Waals surface area (Å²) in [6.45, 7) is 3.19. The monoisotopic (exact) mass is 252 g/mol. The topological polar surface area (TPSA) is 96.2 Å². The number of hydrazine groups is 1. The molecule has 0 spiro atoms. The van der Waals surface area contributed by atoms with Crippen molar-refractivity contribution in [3.8, 4) is 0 Å². The Morgan fingerprint density at radius 1 is 1.50 bits per heavy atom. The number of nitrogens with two attached hydrogens (primary N) is 1. The summed E-state index contributed by atoms with van der Waals surface area (Å²) in [6, 6.07) is 0. The van der Waals surface area contributed by atoms with Crippen molar-refractivity contribution in [2.45, 2.75) is 13.5 Å². The molecule has 1 amide bonds. The molecule has 4 N–H and O–H groups in total. The number of nitrogen functional groups attached to an aromatic ring is 1. The second kappa shape index (κ2) is 6.87. The Morgan fingerprint density at radius 2 is 2.22 bits per heavy atom. The maximum atomic E-state index is 11.4. The number of carbonyl (C=O) groups is 1. The van der Waals surface area contributed by atoms with Crippen LogP contribution in [0.2, 0.25) is 0 Å². The Labute approximate surface area is 107 Å². The minimum absolute atomic E-state index is 0.0376. The smallest absolute Gasteiger partial charge is 0.223 e. The highest BCUT2D eigenvalue weighted by atomic mass is 16.1. The van der Waals surface area contributed by atoms with Gasteiger partial charge in [-0.25, -0.2) is 10.8 Å². The lowest BCUT2D eigenvalue weighted by atomic mass is 10.1. The number of nitrogens with one attached hydrogen (secondary N) is 2. The van der Waals surface area contributed by atoms with Gasteiger partial charge in [0.2, 0.25) is 5.91 Å². The Morgan fingerprint density at radius 3 is 2.72 bits per heavy atom. The molecule has 7 nitrogen and oxygen atoms in total.